The Labute approximate surface area is 194 Å². The van der Waals surface area contributed by atoms with Gasteiger partial charge in [0.2, 0.25) is 5.91 Å². The number of hydroxylamine groups is 1. The van der Waals surface area contributed by atoms with Crippen molar-refractivity contribution in [2.75, 3.05) is 5.06 Å². The average Bonchev–Trinajstić information content (AvgIpc) is 3.29. The molecule has 2 saturated heterocycles. The van der Waals surface area contributed by atoms with E-state index in [0.717, 1.165) is 5.56 Å². The molecule has 8 heteroatoms. The highest BCUT2D eigenvalue weighted by molar-refractivity contribution is 6.35. The molecule has 162 valence electrons. The number of anilines is 1. The fourth-order valence-corrected chi connectivity index (χ4v) is 4.83. The van der Waals surface area contributed by atoms with Crippen LogP contribution >= 0.6 is 23.2 Å². The molecule has 3 aromatic rings. The number of hydrogen-bond acceptors (Lipinski definition) is 5. The molecular formula is C24H18Cl2N2O4. The van der Waals surface area contributed by atoms with Gasteiger partial charge in [-0.25, -0.2) is 5.06 Å². The van der Waals surface area contributed by atoms with Crippen LogP contribution in [0.4, 0.5) is 5.69 Å². The quantitative estimate of drug-likeness (QED) is 0.559. The summed E-state index contributed by atoms with van der Waals surface area (Å²) < 4.78 is 0. The number of phenols is 1. The minimum atomic E-state index is -1.02. The van der Waals surface area contributed by atoms with Gasteiger partial charge in [-0.3, -0.25) is 19.3 Å². The van der Waals surface area contributed by atoms with Crippen molar-refractivity contribution in [2.24, 2.45) is 5.92 Å². The van der Waals surface area contributed by atoms with Crippen molar-refractivity contribution in [3.63, 3.8) is 0 Å². The van der Waals surface area contributed by atoms with Gasteiger partial charge >= 0.3 is 0 Å². The van der Waals surface area contributed by atoms with E-state index in [1.54, 1.807) is 18.2 Å². The molecule has 0 spiro atoms. The molecule has 2 heterocycles. The molecule has 2 aliphatic heterocycles. The fraction of sp³-hybridized carbons (Fsp3) is 0.167. The monoisotopic (exact) mass is 468 g/mol. The van der Waals surface area contributed by atoms with Gasteiger partial charge in [0.25, 0.3) is 5.91 Å². The van der Waals surface area contributed by atoms with Crippen molar-refractivity contribution in [2.45, 2.75) is 18.7 Å². The van der Waals surface area contributed by atoms with Crippen molar-refractivity contribution in [1.82, 2.24) is 4.90 Å². The van der Waals surface area contributed by atoms with Gasteiger partial charge in [0.05, 0.1) is 23.3 Å². The van der Waals surface area contributed by atoms with Crippen LogP contribution in [0, 0.1) is 5.92 Å². The maximum Gasteiger partial charge on any atom is 0.262 e. The number of para-hydroxylation sites is 1. The predicted molar refractivity (Wildman–Crippen MR) is 120 cm³/mol. The van der Waals surface area contributed by atoms with Crippen molar-refractivity contribution in [3.05, 3.63) is 94.0 Å². The molecule has 0 bridgehead atoms. The van der Waals surface area contributed by atoms with Crippen LogP contribution in [0.3, 0.4) is 0 Å². The van der Waals surface area contributed by atoms with E-state index in [2.05, 4.69) is 0 Å². The van der Waals surface area contributed by atoms with Gasteiger partial charge in [0.1, 0.15) is 11.7 Å². The number of carbonyl (C=O) groups excluding carboxylic acids is 2. The van der Waals surface area contributed by atoms with Crippen LogP contribution in [0.1, 0.15) is 17.2 Å². The van der Waals surface area contributed by atoms with E-state index in [1.165, 1.54) is 16.0 Å². The van der Waals surface area contributed by atoms with Gasteiger partial charge in [0.15, 0.2) is 6.10 Å². The lowest BCUT2D eigenvalue weighted by atomic mass is 9.90. The number of carbonyl (C=O) groups is 2. The number of hydrogen-bond donors (Lipinski definition) is 1. The smallest absolute Gasteiger partial charge is 0.262 e. The third-order valence-corrected chi connectivity index (χ3v) is 6.28. The van der Waals surface area contributed by atoms with E-state index < -0.39 is 24.0 Å². The number of halogens is 2. The highest BCUT2D eigenvalue weighted by Crippen LogP contribution is 2.50. The summed E-state index contributed by atoms with van der Waals surface area (Å²) in [5.41, 5.74) is 1.79. The molecule has 5 rings (SSSR count). The molecule has 0 aliphatic carbocycles. The molecule has 0 radical (unpaired) electrons. The van der Waals surface area contributed by atoms with Crippen LogP contribution < -0.4 is 5.06 Å². The first-order valence-corrected chi connectivity index (χ1v) is 10.8. The summed E-state index contributed by atoms with van der Waals surface area (Å²) in [6.07, 6.45) is -1.02. The summed E-state index contributed by atoms with van der Waals surface area (Å²) in [5.74, 6) is -1.86. The maximum absolute atomic E-state index is 13.5. The average molecular weight is 469 g/mol. The number of likely N-dealkylation sites (tertiary alicyclic amines) is 1. The molecule has 6 nitrogen and oxygen atoms in total. The molecule has 3 aromatic carbocycles. The number of aromatic hydroxyl groups is 1. The highest BCUT2D eigenvalue weighted by Gasteiger charge is 2.60. The van der Waals surface area contributed by atoms with Crippen LogP contribution in [0.2, 0.25) is 10.0 Å². The second-order valence-corrected chi connectivity index (χ2v) is 8.58. The van der Waals surface area contributed by atoms with E-state index >= 15 is 0 Å². The first-order chi connectivity index (χ1) is 15.5. The molecule has 0 aromatic heterocycles. The van der Waals surface area contributed by atoms with Gasteiger partial charge in [-0.2, -0.15) is 0 Å². The Morgan fingerprint density at radius 3 is 2.25 bits per heavy atom. The molecule has 2 amide bonds. The zero-order valence-electron chi connectivity index (χ0n) is 16.7. The molecule has 32 heavy (non-hydrogen) atoms. The van der Waals surface area contributed by atoms with Crippen LogP contribution in [0.15, 0.2) is 72.8 Å². The number of rotatable bonds is 4. The topological polar surface area (TPSA) is 70.1 Å². The third kappa shape index (κ3) is 3.41. The lowest BCUT2D eigenvalue weighted by Crippen LogP contribution is -2.37. The number of imide groups is 1. The van der Waals surface area contributed by atoms with E-state index in [-0.39, 0.29) is 23.2 Å². The second-order valence-electron chi connectivity index (χ2n) is 7.73. The summed E-state index contributed by atoms with van der Waals surface area (Å²) in [4.78, 5) is 34.0. The zero-order valence-corrected chi connectivity index (χ0v) is 18.2. The maximum atomic E-state index is 13.5. The van der Waals surface area contributed by atoms with Crippen LogP contribution in [0.25, 0.3) is 0 Å². The van der Waals surface area contributed by atoms with Crippen molar-refractivity contribution in [1.29, 1.82) is 0 Å². The van der Waals surface area contributed by atoms with Crippen molar-refractivity contribution >= 4 is 40.7 Å². The zero-order chi connectivity index (χ0) is 22.4. The Morgan fingerprint density at radius 1 is 0.906 bits per heavy atom. The number of fused-ring (bicyclic) bond motifs is 1. The first-order valence-electron chi connectivity index (χ1n) is 10.0. The fourth-order valence-electron chi connectivity index (χ4n) is 4.32. The van der Waals surface area contributed by atoms with Crippen LogP contribution in [0.5, 0.6) is 5.75 Å². The van der Waals surface area contributed by atoms with E-state index in [9.17, 15) is 14.7 Å². The Kier molecular flexibility index (Phi) is 5.29. The predicted octanol–water partition coefficient (Wildman–Crippen LogP) is 4.75. The first kappa shape index (κ1) is 20.8. The van der Waals surface area contributed by atoms with Crippen molar-refractivity contribution < 1.29 is 19.5 Å². The van der Waals surface area contributed by atoms with Crippen LogP contribution in [-0.2, 0) is 21.0 Å². The number of amides is 2. The summed E-state index contributed by atoms with van der Waals surface area (Å²) >= 11 is 12.4. The van der Waals surface area contributed by atoms with Crippen LogP contribution in [-0.4, -0.2) is 27.9 Å². The standard InChI is InChI=1S/C24H18Cl2N2O4/c25-15-11-17(21(29)18(26)12-15)20-19-22(32-28(20)16-9-5-2-6-10-16)24(31)27(23(19)30)13-14-7-3-1-4-8-14/h1-12,19-20,22,29H,13H2/t19-,20+,22-/m1/s1. The number of phenolic OH excluding ortho intramolecular Hbond substituents is 1. The SMILES string of the molecule is O=C1[C@H]2[C@@H](ON(c3ccccc3)[C@H]2c2cc(Cl)cc(Cl)c2O)C(=O)N1Cc1ccccc1. The summed E-state index contributed by atoms with van der Waals surface area (Å²) in [5, 5.41) is 12.6. The molecule has 2 fully saturated rings. The Morgan fingerprint density at radius 2 is 1.56 bits per heavy atom. The van der Waals surface area contributed by atoms with Gasteiger partial charge in [-0.05, 0) is 29.8 Å². The van der Waals surface area contributed by atoms with Crippen molar-refractivity contribution in [3.8, 4) is 5.75 Å². The molecule has 1 N–H and O–H groups in total. The molecule has 0 saturated carbocycles. The normalized spacial score (nSPS) is 22.5. The summed E-state index contributed by atoms with van der Waals surface area (Å²) in [6.45, 7) is 0.148. The Bertz CT molecular complexity index is 1190. The number of nitrogens with zero attached hydrogens (tertiary/aromatic N) is 2. The van der Waals surface area contributed by atoms with Gasteiger partial charge in [-0.1, -0.05) is 71.7 Å². The summed E-state index contributed by atoms with van der Waals surface area (Å²) in [7, 11) is 0. The Balaban J connectivity index is 1.58. The molecular weight excluding hydrogens is 451 g/mol. The van der Waals surface area contributed by atoms with Gasteiger partial charge in [-0.15, -0.1) is 0 Å². The van der Waals surface area contributed by atoms with Gasteiger partial charge in [0, 0.05) is 10.6 Å². The molecule has 3 atom stereocenters. The number of benzene rings is 3. The Hall–Kier alpha value is -3.06. The highest BCUT2D eigenvalue weighted by atomic mass is 35.5. The molecule has 2 aliphatic rings. The lowest BCUT2D eigenvalue weighted by molar-refractivity contribution is -0.143. The van der Waals surface area contributed by atoms with E-state index in [1.807, 2.05) is 48.5 Å². The second kappa shape index (κ2) is 8.13. The minimum Gasteiger partial charge on any atom is -0.506 e. The lowest BCUT2D eigenvalue weighted by Gasteiger charge is -2.29. The van der Waals surface area contributed by atoms with E-state index in [0.29, 0.717) is 16.3 Å². The minimum absolute atomic E-state index is 0.0573. The third-order valence-electron chi connectivity index (χ3n) is 5.78. The van der Waals surface area contributed by atoms with E-state index in [4.69, 9.17) is 28.0 Å². The van der Waals surface area contributed by atoms with Gasteiger partial charge < -0.3 is 5.11 Å². The summed E-state index contributed by atoms with van der Waals surface area (Å²) in [6, 6.07) is 20.5. The largest absolute Gasteiger partial charge is 0.506 e. The molecule has 0 unspecified atom stereocenters.